The molecule has 37 heavy (non-hydrogen) atoms. The van der Waals surface area contributed by atoms with E-state index in [0.717, 1.165) is 51.6 Å². The molecule has 194 valence electrons. The smallest absolute Gasteiger partial charge is 0.156 e. The molecule has 6 rings (SSSR count). The lowest BCUT2D eigenvalue weighted by Crippen LogP contribution is -2.50. The van der Waals surface area contributed by atoms with Gasteiger partial charge in [-0.15, -0.1) is 0 Å². The van der Waals surface area contributed by atoms with Crippen LogP contribution in [0.3, 0.4) is 0 Å². The lowest BCUT2D eigenvalue weighted by molar-refractivity contribution is -0.130. The molecule has 1 aliphatic heterocycles. The normalized spacial score (nSPS) is 34.8. The van der Waals surface area contributed by atoms with Gasteiger partial charge in [0.1, 0.15) is 12.4 Å². The summed E-state index contributed by atoms with van der Waals surface area (Å²) in [6, 6.07) is 9.22. The van der Waals surface area contributed by atoms with E-state index in [4.69, 9.17) is 0 Å². The van der Waals surface area contributed by atoms with Crippen LogP contribution in [0.1, 0.15) is 83.1 Å². The van der Waals surface area contributed by atoms with Gasteiger partial charge in [0.2, 0.25) is 0 Å². The molecule has 1 saturated heterocycles. The number of aliphatic hydroxyl groups excluding tert-OH is 1. The number of hydrogen-bond donors (Lipinski definition) is 1. The number of anilines is 1. The highest BCUT2D eigenvalue weighted by Crippen LogP contribution is 2.69. The molecule has 2 saturated carbocycles. The van der Waals surface area contributed by atoms with Gasteiger partial charge in [-0.2, -0.15) is 0 Å². The molecule has 4 nitrogen and oxygen atoms in total. The molecule has 4 aliphatic carbocycles. The summed E-state index contributed by atoms with van der Waals surface area (Å²) in [6.07, 6.45) is 10.6. The quantitative estimate of drug-likeness (QED) is 0.540. The second kappa shape index (κ2) is 9.28. The van der Waals surface area contributed by atoms with Crippen molar-refractivity contribution < 1.29 is 14.7 Å². The summed E-state index contributed by atoms with van der Waals surface area (Å²) < 4.78 is 0. The van der Waals surface area contributed by atoms with Gasteiger partial charge in [-0.25, -0.2) is 0 Å². The van der Waals surface area contributed by atoms with E-state index in [-0.39, 0.29) is 29.5 Å². The van der Waals surface area contributed by atoms with Gasteiger partial charge in [0, 0.05) is 31.1 Å². The summed E-state index contributed by atoms with van der Waals surface area (Å²) in [7, 11) is 0. The van der Waals surface area contributed by atoms with Crippen LogP contribution in [-0.2, 0) is 9.59 Å². The van der Waals surface area contributed by atoms with E-state index < -0.39 is 5.41 Å². The number of aliphatic hydroxyl groups is 1. The molecule has 1 N–H and O–H groups in total. The fourth-order valence-corrected chi connectivity index (χ4v) is 8.94. The number of Topliss-reactive ketones (excluding diaryl/α,β-unsaturated/α-hetero) is 1. The molecule has 0 bridgehead atoms. The third kappa shape index (κ3) is 3.76. The average Bonchev–Trinajstić information content (AvgIpc) is 3.53. The molecule has 5 aliphatic rings. The molecule has 1 aromatic rings. The Morgan fingerprint density at radius 2 is 1.86 bits per heavy atom. The van der Waals surface area contributed by atoms with Crippen molar-refractivity contribution in [3.63, 3.8) is 0 Å². The van der Waals surface area contributed by atoms with Crippen molar-refractivity contribution in [1.82, 2.24) is 0 Å². The molecule has 4 heteroatoms. The number of ketones is 2. The van der Waals surface area contributed by atoms with Gasteiger partial charge in [0.25, 0.3) is 0 Å². The molecule has 1 unspecified atom stereocenters. The van der Waals surface area contributed by atoms with Crippen molar-refractivity contribution in [3.8, 4) is 11.8 Å². The Hall–Kier alpha value is -2.64. The van der Waals surface area contributed by atoms with Crippen molar-refractivity contribution in [1.29, 1.82) is 0 Å². The molecule has 0 amide bonds. The maximum absolute atomic E-state index is 13.3. The van der Waals surface area contributed by atoms with Crippen LogP contribution in [0.2, 0.25) is 0 Å². The Kier molecular flexibility index (Phi) is 6.19. The predicted molar refractivity (Wildman–Crippen MR) is 146 cm³/mol. The molecule has 1 aromatic carbocycles. The Balaban J connectivity index is 1.48. The summed E-state index contributed by atoms with van der Waals surface area (Å²) in [5.74, 6) is 7.68. The highest BCUT2D eigenvalue weighted by atomic mass is 16.2. The number of benzene rings is 1. The Morgan fingerprint density at radius 3 is 2.57 bits per heavy atom. The standard InChI is InChI=1S/C33H39NO3/c1-22(36)33(15-5-19-35)16-14-30-28-12-8-24-20-26(37)11-13-27(24)31(28)29(21-32(30,33)2)23-6-9-25(10-7-23)34-17-3-4-18-34/h6-7,9-10,20,28-30,35H,3-4,8,11-14,16-19,21H2,1-2H3/t28-,29?,30-,32-,33+/m0/s1. The predicted octanol–water partition coefficient (Wildman–Crippen LogP) is 5.76. The average molecular weight is 498 g/mol. The third-order valence-corrected chi connectivity index (χ3v) is 10.7. The number of carbonyl (C=O) groups is 2. The Bertz CT molecular complexity index is 1240. The summed E-state index contributed by atoms with van der Waals surface area (Å²) >= 11 is 0. The first-order valence-corrected chi connectivity index (χ1v) is 14.3. The number of hydrogen-bond acceptors (Lipinski definition) is 4. The van der Waals surface area contributed by atoms with Crippen LogP contribution in [0, 0.1) is 34.5 Å². The zero-order chi connectivity index (χ0) is 25.8. The SMILES string of the molecule is CC(=O)[C@@]1(C#CCO)CC[C@H]2[C@@H]3CCC4=CC(=O)CCC4=C3C(c3ccc(N4CCCC4)cc3)C[C@@]21C. The molecule has 0 aromatic heterocycles. The monoisotopic (exact) mass is 497 g/mol. The largest absolute Gasteiger partial charge is 0.384 e. The number of nitrogens with zero attached hydrogens (tertiary/aromatic N) is 1. The van der Waals surface area contributed by atoms with E-state index in [1.807, 2.05) is 6.08 Å². The van der Waals surface area contributed by atoms with Crippen LogP contribution in [0.4, 0.5) is 5.69 Å². The Morgan fingerprint density at radius 1 is 1.11 bits per heavy atom. The van der Waals surface area contributed by atoms with Crippen LogP contribution < -0.4 is 4.90 Å². The first-order chi connectivity index (χ1) is 17.9. The van der Waals surface area contributed by atoms with E-state index in [1.54, 1.807) is 12.5 Å². The van der Waals surface area contributed by atoms with Crippen LogP contribution in [-0.4, -0.2) is 36.4 Å². The van der Waals surface area contributed by atoms with E-state index >= 15 is 0 Å². The van der Waals surface area contributed by atoms with Crippen molar-refractivity contribution in [2.45, 2.75) is 77.6 Å². The van der Waals surface area contributed by atoms with E-state index in [9.17, 15) is 14.7 Å². The van der Waals surface area contributed by atoms with Crippen molar-refractivity contribution in [2.24, 2.45) is 22.7 Å². The van der Waals surface area contributed by atoms with Crippen LogP contribution in [0.25, 0.3) is 0 Å². The molecule has 5 atom stereocenters. The summed E-state index contributed by atoms with van der Waals surface area (Å²) in [6.45, 7) is 6.08. The minimum absolute atomic E-state index is 0.150. The zero-order valence-corrected chi connectivity index (χ0v) is 22.3. The highest BCUT2D eigenvalue weighted by molar-refractivity contribution is 5.93. The van der Waals surface area contributed by atoms with E-state index in [2.05, 4.69) is 47.9 Å². The van der Waals surface area contributed by atoms with Gasteiger partial charge in [-0.3, -0.25) is 9.59 Å². The third-order valence-electron chi connectivity index (χ3n) is 10.7. The molecule has 0 radical (unpaired) electrons. The minimum atomic E-state index is -0.705. The summed E-state index contributed by atoms with van der Waals surface area (Å²) in [5.41, 5.74) is 5.93. The van der Waals surface area contributed by atoms with Gasteiger partial charge in [0.15, 0.2) is 5.78 Å². The number of fused-ring (bicyclic) bond motifs is 4. The summed E-state index contributed by atoms with van der Waals surface area (Å²) in [4.78, 5) is 28.1. The van der Waals surface area contributed by atoms with Gasteiger partial charge in [0.05, 0.1) is 5.41 Å². The lowest BCUT2D eigenvalue weighted by atomic mass is 9.48. The second-order valence-corrected chi connectivity index (χ2v) is 12.2. The number of carbonyl (C=O) groups excluding carboxylic acids is 2. The first-order valence-electron chi connectivity index (χ1n) is 14.3. The maximum atomic E-state index is 13.3. The molecule has 3 fully saturated rings. The van der Waals surface area contributed by atoms with Crippen molar-refractivity contribution >= 4 is 17.3 Å². The Labute approximate surface area is 221 Å². The lowest BCUT2D eigenvalue weighted by Gasteiger charge is -2.54. The van der Waals surface area contributed by atoms with Crippen LogP contribution in [0.15, 0.2) is 47.1 Å². The summed E-state index contributed by atoms with van der Waals surface area (Å²) in [5, 5.41) is 9.56. The van der Waals surface area contributed by atoms with Gasteiger partial charge in [-0.05, 0) is 110 Å². The van der Waals surface area contributed by atoms with E-state index in [1.165, 1.54) is 35.2 Å². The molecule has 1 heterocycles. The highest BCUT2D eigenvalue weighted by Gasteiger charge is 2.64. The maximum Gasteiger partial charge on any atom is 0.156 e. The molecular formula is C33H39NO3. The van der Waals surface area contributed by atoms with Crippen molar-refractivity contribution in [2.75, 3.05) is 24.6 Å². The van der Waals surface area contributed by atoms with Crippen LogP contribution in [0.5, 0.6) is 0 Å². The van der Waals surface area contributed by atoms with Crippen molar-refractivity contribution in [3.05, 3.63) is 52.6 Å². The fourth-order valence-electron chi connectivity index (χ4n) is 8.94. The molecule has 0 spiro atoms. The minimum Gasteiger partial charge on any atom is -0.384 e. The fraction of sp³-hybridized carbons (Fsp3) is 0.576. The van der Waals surface area contributed by atoms with Crippen LogP contribution >= 0.6 is 0 Å². The number of rotatable bonds is 3. The zero-order valence-electron chi connectivity index (χ0n) is 22.3. The van der Waals surface area contributed by atoms with Gasteiger partial charge < -0.3 is 10.0 Å². The topological polar surface area (TPSA) is 57.6 Å². The molecular weight excluding hydrogens is 458 g/mol. The first kappa shape index (κ1) is 24.7. The number of allylic oxidation sites excluding steroid dienone is 4. The second-order valence-electron chi connectivity index (χ2n) is 12.2. The van der Waals surface area contributed by atoms with E-state index in [0.29, 0.717) is 18.3 Å². The van der Waals surface area contributed by atoms with Gasteiger partial charge in [-0.1, -0.05) is 36.5 Å². The van der Waals surface area contributed by atoms with Gasteiger partial charge >= 0.3 is 0 Å².